The van der Waals surface area contributed by atoms with E-state index in [9.17, 15) is 25.5 Å². The fraction of sp³-hybridized carbons (Fsp3) is 1.00. The summed E-state index contributed by atoms with van der Waals surface area (Å²) in [4.78, 5) is 0. The second-order valence-electron chi connectivity index (χ2n) is 5.18. The van der Waals surface area contributed by atoms with Crippen LogP contribution in [0.15, 0.2) is 0 Å². The van der Waals surface area contributed by atoms with Crippen LogP contribution in [-0.4, -0.2) is 87.8 Å². The summed E-state index contributed by atoms with van der Waals surface area (Å²) < 4.78 is 10.5. The molecule has 1 fully saturated rings. The van der Waals surface area contributed by atoms with Gasteiger partial charge in [-0.2, -0.15) is 0 Å². The Morgan fingerprint density at radius 2 is 1.60 bits per heavy atom. The molecule has 0 aromatic carbocycles. The molecule has 0 bridgehead atoms. The second kappa shape index (κ2) is 7.62. The highest BCUT2D eigenvalue weighted by Gasteiger charge is 2.44. The van der Waals surface area contributed by atoms with Crippen molar-refractivity contribution in [3.8, 4) is 0 Å². The summed E-state index contributed by atoms with van der Waals surface area (Å²) in [6.45, 7) is 0.515. The van der Waals surface area contributed by atoms with Crippen molar-refractivity contribution in [1.29, 1.82) is 0 Å². The molecule has 5 atom stereocenters. The molecule has 0 saturated carbocycles. The predicted octanol–water partition coefficient (Wildman–Crippen LogP) is -2.82. The minimum Gasteiger partial charge on any atom is -0.396 e. The molecule has 8 nitrogen and oxygen atoms in total. The SMILES string of the molecule is CCC(CO)(CO)CO[C@H]1O[C@H](CO)[C@@H](O)[C@H](O)[C@H]1O. The molecular weight excluding hydrogens is 272 g/mol. The molecule has 6 N–H and O–H groups in total. The molecule has 1 heterocycles. The van der Waals surface area contributed by atoms with Crippen LogP contribution in [0.2, 0.25) is 0 Å². The zero-order valence-electron chi connectivity index (χ0n) is 11.4. The number of hydrogen-bond acceptors (Lipinski definition) is 8. The monoisotopic (exact) mass is 296 g/mol. The van der Waals surface area contributed by atoms with Crippen LogP contribution < -0.4 is 0 Å². The minimum atomic E-state index is -1.51. The summed E-state index contributed by atoms with van der Waals surface area (Å²) in [6, 6.07) is 0. The Balaban J connectivity index is 2.66. The molecule has 1 aliphatic heterocycles. The van der Waals surface area contributed by atoms with Crippen molar-refractivity contribution < 1.29 is 40.1 Å². The fourth-order valence-corrected chi connectivity index (χ4v) is 1.93. The fourth-order valence-electron chi connectivity index (χ4n) is 1.93. The Hall–Kier alpha value is -0.320. The number of ether oxygens (including phenoxy) is 2. The van der Waals surface area contributed by atoms with Crippen molar-refractivity contribution in [2.45, 2.75) is 44.1 Å². The van der Waals surface area contributed by atoms with Crippen molar-refractivity contribution in [2.75, 3.05) is 26.4 Å². The van der Waals surface area contributed by atoms with E-state index < -0.39 is 42.7 Å². The predicted molar refractivity (Wildman–Crippen MR) is 66.6 cm³/mol. The van der Waals surface area contributed by atoms with Crippen LogP contribution in [0, 0.1) is 5.41 Å². The third kappa shape index (κ3) is 3.66. The van der Waals surface area contributed by atoms with Gasteiger partial charge >= 0.3 is 0 Å². The standard InChI is InChI=1S/C12H24O8/c1-2-12(4-14,5-15)6-19-11-10(18)9(17)8(16)7(3-13)20-11/h7-11,13-18H,2-6H2,1H3/t7-,8-,9+,10-,11+/m1/s1. The van der Waals surface area contributed by atoms with E-state index in [1.54, 1.807) is 6.92 Å². The summed E-state index contributed by atoms with van der Waals surface area (Å²) in [5.41, 5.74) is -0.876. The average molecular weight is 296 g/mol. The van der Waals surface area contributed by atoms with Gasteiger partial charge in [-0.3, -0.25) is 0 Å². The Labute approximate surface area is 117 Å². The third-order valence-corrected chi connectivity index (χ3v) is 3.82. The van der Waals surface area contributed by atoms with E-state index in [4.69, 9.17) is 14.6 Å². The molecule has 0 radical (unpaired) electrons. The van der Waals surface area contributed by atoms with Crippen LogP contribution in [0.3, 0.4) is 0 Å². The third-order valence-electron chi connectivity index (χ3n) is 3.82. The quantitative estimate of drug-likeness (QED) is 0.296. The zero-order valence-corrected chi connectivity index (χ0v) is 11.4. The first kappa shape index (κ1) is 17.7. The number of aliphatic hydroxyl groups is 6. The van der Waals surface area contributed by atoms with Crippen LogP contribution in [0.5, 0.6) is 0 Å². The van der Waals surface area contributed by atoms with E-state index >= 15 is 0 Å². The van der Waals surface area contributed by atoms with Gasteiger partial charge in [0.25, 0.3) is 0 Å². The van der Waals surface area contributed by atoms with Gasteiger partial charge in [0.15, 0.2) is 6.29 Å². The lowest BCUT2D eigenvalue weighted by Gasteiger charge is -2.41. The normalized spacial score (nSPS) is 35.2. The number of aliphatic hydroxyl groups excluding tert-OH is 6. The van der Waals surface area contributed by atoms with Crippen molar-refractivity contribution in [2.24, 2.45) is 5.41 Å². The Bertz CT molecular complexity index is 272. The van der Waals surface area contributed by atoms with Crippen LogP contribution in [-0.2, 0) is 9.47 Å². The van der Waals surface area contributed by atoms with Crippen LogP contribution in [0.1, 0.15) is 13.3 Å². The maximum absolute atomic E-state index is 9.77. The highest BCUT2D eigenvalue weighted by Crippen LogP contribution is 2.26. The summed E-state index contributed by atoms with van der Waals surface area (Å²) in [6.07, 6.45) is -6.30. The zero-order chi connectivity index (χ0) is 15.3. The maximum atomic E-state index is 9.77. The van der Waals surface area contributed by atoms with Crippen molar-refractivity contribution >= 4 is 0 Å². The molecule has 120 valence electrons. The van der Waals surface area contributed by atoms with Crippen molar-refractivity contribution in [1.82, 2.24) is 0 Å². The molecule has 20 heavy (non-hydrogen) atoms. The first-order valence-corrected chi connectivity index (χ1v) is 6.58. The van der Waals surface area contributed by atoms with Crippen LogP contribution in [0.25, 0.3) is 0 Å². The van der Waals surface area contributed by atoms with Crippen molar-refractivity contribution in [3.63, 3.8) is 0 Å². The topological polar surface area (TPSA) is 140 Å². The van der Waals surface area contributed by atoms with Gasteiger partial charge in [0.1, 0.15) is 24.4 Å². The van der Waals surface area contributed by atoms with Gasteiger partial charge in [0.05, 0.1) is 26.4 Å². The van der Waals surface area contributed by atoms with E-state index in [0.29, 0.717) is 6.42 Å². The lowest BCUT2D eigenvalue weighted by atomic mass is 9.88. The minimum absolute atomic E-state index is 0.0980. The number of rotatable bonds is 7. The molecule has 0 aromatic rings. The van der Waals surface area contributed by atoms with Gasteiger partial charge in [0, 0.05) is 5.41 Å². The Morgan fingerprint density at radius 1 is 1.00 bits per heavy atom. The molecule has 0 spiro atoms. The maximum Gasteiger partial charge on any atom is 0.186 e. The van der Waals surface area contributed by atoms with E-state index in [2.05, 4.69) is 0 Å². The van der Waals surface area contributed by atoms with Gasteiger partial charge in [-0.15, -0.1) is 0 Å². The molecule has 1 rings (SSSR count). The Kier molecular flexibility index (Phi) is 6.76. The van der Waals surface area contributed by atoms with Gasteiger partial charge in [0.2, 0.25) is 0 Å². The van der Waals surface area contributed by atoms with Gasteiger partial charge in [-0.25, -0.2) is 0 Å². The van der Waals surface area contributed by atoms with E-state index in [0.717, 1.165) is 0 Å². The summed E-state index contributed by atoms with van der Waals surface area (Å²) >= 11 is 0. The smallest absolute Gasteiger partial charge is 0.186 e. The largest absolute Gasteiger partial charge is 0.396 e. The van der Waals surface area contributed by atoms with E-state index in [1.165, 1.54) is 0 Å². The van der Waals surface area contributed by atoms with Gasteiger partial charge < -0.3 is 40.1 Å². The summed E-state index contributed by atoms with van der Waals surface area (Å²) in [5.74, 6) is 0. The summed E-state index contributed by atoms with van der Waals surface area (Å²) in [5, 5.41) is 56.6. The first-order chi connectivity index (χ1) is 9.44. The molecule has 0 aliphatic carbocycles. The molecule has 8 heteroatoms. The first-order valence-electron chi connectivity index (χ1n) is 6.58. The number of hydrogen-bond donors (Lipinski definition) is 6. The average Bonchev–Trinajstić information content (AvgIpc) is 2.48. The molecule has 1 saturated heterocycles. The highest BCUT2D eigenvalue weighted by atomic mass is 16.7. The molecule has 0 unspecified atom stereocenters. The second-order valence-corrected chi connectivity index (χ2v) is 5.18. The molecular formula is C12H24O8. The van der Waals surface area contributed by atoms with Gasteiger partial charge in [-0.05, 0) is 6.42 Å². The molecule has 0 aromatic heterocycles. The highest BCUT2D eigenvalue weighted by molar-refractivity contribution is 4.89. The van der Waals surface area contributed by atoms with Crippen molar-refractivity contribution in [3.05, 3.63) is 0 Å². The van der Waals surface area contributed by atoms with E-state index in [-0.39, 0.29) is 19.8 Å². The van der Waals surface area contributed by atoms with Crippen LogP contribution >= 0.6 is 0 Å². The molecule has 1 aliphatic rings. The molecule has 0 amide bonds. The Morgan fingerprint density at radius 3 is 2.05 bits per heavy atom. The lowest BCUT2D eigenvalue weighted by Crippen LogP contribution is -2.59. The lowest BCUT2D eigenvalue weighted by molar-refractivity contribution is -0.307. The van der Waals surface area contributed by atoms with Gasteiger partial charge in [-0.1, -0.05) is 6.92 Å². The van der Waals surface area contributed by atoms with E-state index in [1.807, 2.05) is 0 Å². The van der Waals surface area contributed by atoms with Crippen LogP contribution in [0.4, 0.5) is 0 Å². The summed E-state index contributed by atoms with van der Waals surface area (Å²) in [7, 11) is 0.